The van der Waals surface area contributed by atoms with E-state index in [1.165, 1.54) is 0 Å². The van der Waals surface area contributed by atoms with E-state index in [2.05, 4.69) is 15.9 Å². The van der Waals surface area contributed by atoms with Crippen molar-refractivity contribution >= 4 is 21.7 Å². The van der Waals surface area contributed by atoms with Gasteiger partial charge in [0.1, 0.15) is 5.78 Å². The maximum absolute atomic E-state index is 10.5. The van der Waals surface area contributed by atoms with Gasteiger partial charge in [0.05, 0.1) is 0 Å². The Morgan fingerprint density at radius 2 is 2.25 bits per heavy atom. The van der Waals surface area contributed by atoms with E-state index >= 15 is 0 Å². The molecule has 1 atom stereocenters. The Hall–Kier alpha value is 0.150. The lowest BCUT2D eigenvalue weighted by molar-refractivity contribution is -0.120. The lowest BCUT2D eigenvalue weighted by Gasteiger charge is -2.01. The first kappa shape index (κ1) is 8.15. The second-order valence-corrected chi connectivity index (χ2v) is 2.78. The number of alkyl halides is 1. The van der Waals surface area contributed by atoms with E-state index in [9.17, 15) is 4.79 Å². The van der Waals surface area contributed by atoms with Crippen molar-refractivity contribution in [3.63, 3.8) is 0 Å². The largest absolute Gasteiger partial charge is 0.300 e. The molecular formula is C6H11BrO. The monoisotopic (exact) mass is 178 g/mol. The van der Waals surface area contributed by atoms with E-state index in [0.717, 1.165) is 11.8 Å². The van der Waals surface area contributed by atoms with Gasteiger partial charge in [0.25, 0.3) is 0 Å². The summed E-state index contributed by atoms with van der Waals surface area (Å²) in [5.41, 5.74) is 0. The van der Waals surface area contributed by atoms with Crippen LogP contribution < -0.4 is 0 Å². The topological polar surface area (TPSA) is 17.1 Å². The Morgan fingerprint density at radius 1 is 1.75 bits per heavy atom. The van der Waals surface area contributed by atoms with Crippen molar-refractivity contribution < 1.29 is 4.79 Å². The second-order valence-electron chi connectivity index (χ2n) is 1.99. The molecule has 0 spiro atoms. The standard InChI is InChI=1S/C6H11BrO/c1-5(3-4-7)6(2)8/h5H,3-4H2,1-2H3. The van der Waals surface area contributed by atoms with Crippen molar-refractivity contribution in [2.75, 3.05) is 5.33 Å². The Labute approximate surface area is 58.6 Å². The van der Waals surface area contributed by atoms with Gasteiger partial charge < -0.3 is 0 Å². The predicted molar refractivity (Wildman–Crippen MR) is 38.3 cm³/mol. The fourth-order valence-corrected chi connectivity index (χ4v) is 1.05. The summed E-state index contributed by atoms with van der Waals surface area (Å²) in [7, 11) is 0. The van der Waals surface area contributed by atoms with Gasteiger partial charge in [-0.3, -0.25) is 4.79 Å². The van der Waals surface area contributed by atoms with Crippen molar-refractivity contribution in [3.05, 3.63) is 0 Å². The van der Waals surface area contributed by atoms with Gasteiger partial charge in [0, 0.05) is 11.2 Å². The highest BCUT2D eigenvalue weighted by atomic mass is 79.9. The first-order valence-electron chi connectivity index (χ1n) is 2.75. The number of hydrogen-bond acceptors (Lipinski definition) is 1. The van der Waals surface area contributed by atoms with Crippen LogP contribution >= 0.6 is 15.9 Å². The van der Waals surface area contributed by atoms with Crippen LogP contribution in [-0.4, -0.2) is 11.1 Å². The molecule has 0 aromatic carbocycles. The summed E-state index contributed by atoms with van der Waals surface area (Å²) in [4.78, 5) is 10.5. The molecule has 0 aromatic heterocycles. The Kier molecular flexibility index (Phi) is 4.15. The molecule has 0 saturated heterocycles. The average molecular weight is 179 g/mol. The van der Waals surface area contributed by atoms with Crippen molar-refractivity contribution in [1.82, 2.24) is 0 Å². The van der Waals surface area contributed by atoms with Gasteiger partial charge in [-0.15, -0.1) is 0 Å². The molecule has 0 heterocycles. The Morgan fingerprint density at radius 3 is 2.38 bits per heavy atom. The minimum absolute atomic E-state index is 0.231. The normalized spacial score (nSPS) is 13.4. The van der Waals surface area contributed by atoms with Crippen LogP contribution in [0.3, 0.4) is 0 Å². The van der Waals surface area contributed by atoms with Gasteiger partial charge in [-0.2, -0.15) is 0 Å². The summed E-state index contributed by atoms with van der Waals surface area (Å²) in [5, 5.41) is 0.924. The summed E-state index contributed by atoms with van der Waals surface area (Å²) in [6, 6.07) is 0. The molecule has 0 rings (SSSR count). The SMILES string of the molecule is CC(=O)C(C)CCBr. The molecule has 0 amide bonds. The summed E-state index contributed by atoms with van der Waals surface area (Å²) in [6.45, 7) is 3.58. The first-order valence-corrected chi connectivity index (χ1v) is 3.87. The molecular weight excluding hydrogens is 168 g/mol. The molecule has 0 aliphatic heterocycles. The third kappa shape index (κ3) is 3.19. The van der Waals surface area contributed by atoms with Gasteiger partial charge in [-0.05, 0) is 13.3 Å². The minimum Gasteiger partial charge on any atom is -0.300 e. The molecule has 48 valence electrons. The highest BCUT2D eigenvalue weighted by molar-refractivity contribution is 9.09. The summed E-state index contributed by atoms with van der Waals surface area (Å²) >= 11 is 3.27. The van der Waals surface area contributed by atoms with E-state index < -0.39 is 0 Å². The van der Waals surface area contributed by atoms with Crippen LogP contribution in [0.4, 0.5) is 0 Å². The molecule has 1 unspecified atom stereocenters. The average Bonchev–Trinajstić information content (AvgIpc) is 1.67. The highest BCUT2D eigenvalue weighted by Crippen LogP contribution is 2.03. The molecule has 0 aromatic rings. The molecule has 0 saturated carbocycles. The fraction of sp³-hybridized carbons (Fsp3) is 0.833. The minimum atomic E-state index is 0.231. The lowest BCUT2D eigenvalue weighted by atomic mass is 10.1. The summed E-state index contributed by atoms with van der Waals surface area (Å²) in [6.07, 6.45) is 0.954. The molecule has 0 radical (unpaired) electrons. The first-order chi connectivity index (χ1) is 3.68. The Balaban J connectivity index is 3.32. The molecule has 1 nitrogen and oxygen atoms in total. The zero-order valence-corrected chi connectivity index (χ0v) is 6.86. The van der Waals surface area contributed by atoms with Gasteiger partial charge in [-0.25, -0.2) is 0 Å². The highest BCUT2D eigenvalue weighted by Gasteiger charge is 2.04. The quantitative estimate of drug-likeness (QED) is 0.605. The number of ketones is 1. The maximum atomic E-state index is 10.5. The van der Waals surface area contributed by atoms with Gasteiger partial charge >= 0.3 is 0 Å². The van der Waals surface area contributed by atoms with Crippen LogP contribution in [0.2, 0.25) is 0 Å². The summed E-state index contributed by atoms with van der Waals surface area (Å²) < 4.78 is 0. The van der Waals surface area contributed by atoms with Crippen LogP contribution in [0, 0.1) is 5.92 Å². The smallest absolute Gasteiger partial charge is 0.132 e. The van der Waals surface area contributed by atoms with Gasteiger partial charge in [0.15, 0.2) is 0 Å². The second kappa shape index (κ2) is 4.07. The van der Waals surface area contributed by atoms with E-state index in [0.29, 0.717) is 0 Å². The zero-order valence-electron chi connectivity index (χ0n) is 5.28. The number of Topliss-reactive ketones (excluding diaryl/α,β-unsaturated/α-hetero) is 1. The molecule has 2 heteroatoms. The number of hydrogen-bond donors (Lipinski definition) is 0. The molecule has 8 heavy (non-hydrogen) atoms. The molecule has 0 bridgehead atoms. The predicted octanol–water partition coefficient (Wildman–Crippen LogP) is 2.00. The van der Waals surface area contributed by atoms with Crippen LogP contribution in [0.5, 0.6) is 0 Å². The number of carbonyl (C=O) groups excluding carboxylic acids is 1. The van der Waals surface area contributed by atoms with Gasteiger partial charge in [0.2, 0.25) is 0 Å². The third-order valence-corrected chi connectivity index (χ3v) is 1.69. The number of halogens is 1. The summed E-state index contributed by atoms with van der Waals surface area (Å²) in [5.74, 6) is 0.513. The van der Waals surface area contributed by atoms with Crippen LogP contribution in [0.15, 0.2) is 0 Å². The zero-order chi connectivity index (χ0) is 6.57. The van der Waals surface area contributed by atoms with Crippen molar-refractivity contribution in [1.29, 1.82) is 0 Å². The lowest BCUT2D eigenvalue weighted by Crippen LogP contribution is -2.05. The molecule has 0 aliphatic rings. The van der Waals surface area contributed by atoms with Crippen LogP contribution in [0.1, 0.15) is 20.3 Å². The van der Waals surface area contributed by atoms with Crippen LogP contribution in [-0.2, 0) is 4.79 Å². The molecule has 0 fully saturated rings. The fourth-order valence-electron chi connectivity index (χ4n) is 0.367. The van der Waals surface area contributed by atoms with E-state index in [1.54, 1.807) is 6.92 Å². The van der Waals surface area contributed by atoms with Crippen molar-refractivity contribution in [2.45, 2.75) is 20.3 Å². The number of carbonyl (C=O) groups is 1. The molecule has 0 N–H and O–H groups in total. The molecule has 0 aliphatic carbocycles. The van der Waals surface area contributed by atoms with Gasteiger partial charge in [-0.1, -0.05) is 22.9 Å². The maximum Gasteiger partial charge on any atom is 0.132 e. The van der Waals surface area contributed by atoms with Crippen LogP contribution in [0.25, 0.3) is 0 Å². The van der Waals surface area contributed by atoms with E-state index in [-0.39, 0.29) is 11.7 Å². The van der Waals surface area contributed by atoms with E-state index in [1.807, 2.05) is 6.92 Å². The van der Waals surface area contributed by atoms with E-state index in [4.69, 9.17) is 0 Å². The number of rotatable bonds is 3. The third-order valence-electron chi connectivity index (χ3n) is 1.24. The van der Waals surface area contributed by atoms with Crippen molar-refractivity contribution in [3.8, 4) is 0 Å². The Bertz CT molecular complexity index is 80.6. The van der Waals surface area contributed by atoms with Crippen molar-refractivity contribution in [2.24, 2.45) is 5.92 Å².